The van der Waals surface area contributed by atoms with Crippen molar-refractivity contribution in [3.8, 4) is 0 Å². The number of benzene rings is 1. The molecule has 1 aromatic carbocycles. The first kappa shape index (κ1) is 27.7. The Morgan fingerprint density at radius 2 is 0.882 bits per heavy atom. The Kier molecular flexibility index (Phi) is 7.52. The largest absolute Gasteiger partial charge is 0.741 e. The molecule has 3 heterocycles. The molecule has 0 atom stereocenters. The summed E-state index contributed by atoms with van der Waals surface area (Å²) in [6.45, 7) is 6.54. The number of rotatable bonds is 0. The Balaban J connectivity index is 0.000000216. The van der Waals surface area contributed by atoms with Crippen LogP contribution in [0, 0.1) is 13.8 Å². The Morgan fingerprint density at radius 3 is 1.12 bits per heavy atom. The first-order chi connectivity index (χ1) is 15.3. The molecule has 2 aromatic heterocycles. The van der Waals surface area contributed by atoms with Crippen LogP contribution in [0.15, 0.2) is 36.4 Å². The van der Waals surface area contributed by atoms with Gasteiger partial charge in [0.25, 0.3) is 11.0 Å². The third kappa shape index (κ3) is 5.92. The van der Waals surface area contributed by atoms with Gasteiger partial charge in [0, 0.05) is 26.0 Å². The summed E-state index contributed by atoms with van der Waals surface area (Å²) >= 11 is 0. The lowest BCUT2D eigenvalue weighted by atomic mass is 10.1. The van der Waals surface area contributed by atoms with Crippen molar-refractivity contribution in [2.45, 2.75) is 38.0 Å². The molecule has 34 heavy (non-hydrogen) atoms. The topological polar surface area (TPSA) is 122 Å². The lowest BCUT2D eigenvalue weighted by Crippen LogP contribution is -2.53. The zero-order chi connectivity index (χ0) is 26.3. The molecule has 16 heteroatoms. The Morgan fingerprint density at radius 1 is 0.647 bits per heavy atom. The van der Waals surface area contributed by atoms with Crippen molar-refractivity contribution in [3.05, 3.63) is 47.8 Å². The van der Waals surface area contributed by atoms with E-state index in [0.717, 1.165) is 13.1 Å². The molecule has 4 rings (SSSR count). The summed E-state index contributed by atoms with van der Waals surface area (Å²) in [7, 11) is -12.2. The molecule has 0 fully saturated rings. The van der Waals surface area contributed by atoms with Gasteiger partial charge in [0.15, 0.2) is 31.6 Å². The number of aromatic nitrogens is 2. The van der Waals surface area contributed by atoms with Crippen LogP contribution in [0.4, 0.5) is 26.3 Å². The molecule has 0 N–H and O–H groups in total. The van der Waals surface area contributed by atoms with Crippen molar-refractivity contribution in [1.29, 1.82) is 0 Å². The minimum atomic E-state index is -6.09. The fraction of sp³-hybridized carbons (Fsp3) is 0.333. The van der Waals surface area contributed by atoms with Crippen molar-refractivity contribution in [3.63, 3.8) is 0 Å². The summed E-state index contributed by atoms with van der Waals surface area (Å²) in [5.74, 6) is 0. The van der Waals surface area contributed by atoms with Crippen LogP contribution in [-0.2, 0) is 33.3 Å². The van der Waals surface area contributed by atoms with Crippen molar-refractivity contribution in [2.75, 3.05) is 0 Å². The van der Waals surface area contributed by atoms with Crippen molar-refractivity contribution in [2.24, 2.45) is 0 Å². The molecule has 0 bridgehead atoms. The fourth-order valence-electron chi connectivity index (χ4n) is 3.18. The Labute approximate surface area is 189 Å². The van der Waals surface area contributed by atoms with Crippen molar-refractivity contribution >= 4 is 42.0 Å². The summed E-state index contributed by atoms with van der Waals surface area (Å²) in [6, 6.07) is 13.4. The van der Waals surface area contributed by atoms with E-state index in [1.807, 2.05) is 0 Å². The van der Waals surface area contributed by atoms with Gasteiger partial charge in [0.1, 0.15) is 0 Å². The van der Waals surface area contributed by atoms with E-state index in [9.17, 15) is 26.3 Å². The van der Waals surface area contributed by atoms with Crippen LogP contribution in [0.25, 0.3) is 21.8 Å². The monoisotopic (exact) mass is 534 g/mol. The van der Waals surface area contributed by atoms with Gasteiger partial charge in [-0.25, -0.2) is 16.8 Å². The van der Waals surface area contributed by atoms with Crippen LogP contribution in [0.1, 0.15) is 11.4 Å². The molecular formula is C18H16F6N2O6S2. The van der Waals surface area contributed by atoms with Gasteiger partial charge in [0.2, 0.25) is 13.1 Å². The Bertz CT molecular complexity index is 1340. The minimum Gasteiger partial charge on any atom is -0.741 e. The quantitative estimate of drug-likeness (QED) is 0.143. The molecule has 0 saturated carbocycles. The van der Waals surface area contributed by atoms with Gasteiger partial charge in [0.05, 0.1) is 10.8 Å². The Hall–Kier alpha value is -2.56. The normalized spacial score (nSPS) is 13.8. The zero-order valence-corrected chi connectivity index (χ0v) is 18.9. The summed E-state index contributed by atoms with van der Waals surface area (Å²) in [6.07, 6.45) is 0. The average molecular weight is 534 g/mol. The van der Waals surface area contributed by atoms with E-state index >= 15 is 0 Å². The minimum absolute atomic E-state index is 1.07. The maximum atomic E-state index is 10.7. The van der Waals surface area contributed by atoms with E-state index in [0.29, 0.717) is 0 Å². The van der Waals surface area contributed by atoms with E-state index in [2.05, 4.69) is 59.4 Å². The van der Waals surface area contributed by atoms with Gasteiger partial charge in [-0.3, -0.25) is 0 Å². The molecule has 0 amide bonds. The molecule has 0 radical (unpaired) electrons. The third-order valence-electron chi connectivity index (χ3n) is 4.73. The molecule has 0 saturated heterocycles. The molecule has 3 aromatic rings. The summed E-state index contributed by atoms with van der Waals surface area (Å²) < 4.78 is 123. The number of hydrogen-bond donors (Lipinski definition) is 0. The van der Waals surface area contributed by atoms with E-state index in [1.165, 1.54) is 33.2 Å². The number of alkyl halides is 6. The second kappa shape index (κ2) is 9.24. The van der Waals surface area contributed by atoms with Crippen molar-refractivity contribution in [1.82, 2.24) is 0 Å². The lowest BCUT2D eigenvalue weighted by molar-refractivity contribution is -0.776. The highest BCUT2D eigenvalue weighted by Gasteiger charge is 2.37. The predicted molar refractivity (Wildman–Crippen MR) is 103 cm³/mol. The first-order valence-electron chi connectivity index (χ1n) is 9.05. The predicted octanol–water partition coefficient (Wildman–Crippen LogP) is 2.30. The van der Waals surface area contributed by atoms with E-state index in [1.54, 1.807) is 0 Å². The summed E-state index contributed by atoms with van der Waals surface area (Å²) in [4.78, 5) is 0. The van der Waals surface area contributed by atoms with E-state index in [-0.39, 0.29) is 0 Å². The number of hydrogen-bond acceptors (Lipinski definition) is 6. The second-order valence-electron chi connectivity index (χ2n) is 6.99. The van der Waals surface area contributed by atoms with Crippen LogP contribution in [-0.4, -0.2) is 37.0 Å². The molecule has 1 aliphatic rings. The molecular weight excluding hydrogens is 518 g/mol. The maximum absolute atomic E-state index is 10.7. The lowest BCUT2D eigenvalue weighted by Gasteiger charge is -2.12. The first-order valence-corrected chi connectivity index (χ1v) is 11.9. The van der Waals surface area contributed by atoms with Crippen LogP contribution < -0.4 is 9.13 Å². The highest BCUT2D eigenvalue weighted by Crippen LogP contribution is 2.23. The molecule has 0 spiro atoms. The fourth-order valence-corrected chi connectivity index (χ4v) is 3.18. The second-order valence-corrected chi connectivity index (χ2v) is 9.74. The zero-order valence-electron chi connectivity index (χ0n) is 17.3. The smallest absolute Gasteiger partial charge is 0.485 e. The van der Waals surface area contributed by atoms with Gasteiger partial charge in [-0.1, -0.05) is 0 Å². The van der Waals surface area contributed by atoms with E-state index in [4.69, 9.17) is 25.9 Å². The van der Waals surface area contributed by atoms with Gasteiger partial charge in [-0.15, -0.1) is 0 Å². The molecule has 0 aliphatic carbocycles. The third-order valence-corrected chi connectivity index (χ3v) is 5.86. The number of halogens is 6. The summed E-state index contributed by atoms with van der Waals surface area (Å²) in [5.41, 5.74) is -5.81. The summed E-state index contributed by atoms with van der Waals surface area (Å²) in [5, 5.41) is 2.68. The van der Waals surface area contributed by atoms with Gasteiger partial charge in [-0.05, 0) is 24.3 Å². The molecule has 1 aliphatic heterocycles. The van der Waals surface area contributed by atoms with Gasteiger partial charge >= 0.3 is 11.0 Å². The van der Waals surface area contributed by atoms with E-state index < -0.39 is 31.3 Å². The van der Waals surface area contributed by atoms with Crippen LogP contribution in [0.5, 0.6) is 0 Å². The molecule has 0 unspecified atom stereocenters. The number of pyridine rings is 2. The SMILES string of the molecule is Cc1ccc2ccc3ccc(C)[n+]4c3c2[n+]1CC4.O=S(=O)([O-])C(F)(F)F.O=S(=O)([O-])C(F)(F)F. The number of aryl methyl sites for hydroxylation is 4. The van der Waals surface area contributed by atoms with Gasteiger partial charge in [-0.2, -0.15) is 35.5 Å². The highest BCUT2D eigenvalue weighted by atomic mass is 32.2. The van der Waals surface area contributed by atoms with Crippen molar-refractivity contribution < 1.29 is 61.4 Å². The standard InChI is InChI=1S/C16H16N2.2CHF3O3S/c1-11-3-5-13-7-8-14-6-4-12(2)18-10-9-17(11)15(13)16(14)18;2*2-1(3,4)8(5,6)7/h3-8H,9-10H2,1-2H3;2*(H,5,6,7)/q+2;;/p-2. The number of nitrogens with zero attached hydrogens (tertiary/aromatic N) is 2. The molecule has 8 nitrogen and oxygen atoms in total. The van der Waals surface area contributed by atoms with Gasteiger partial charge < -0.3 is 9.11 Å². The van der Waals surface area contributed by atoms with Crippen LogP contribution in [0.3, 0.4) is 0 Å². The molecule has 188 valence electrons. The van der Waals surface area contributed by atoms with Crippen LogP contribution >= 0.6 is 0 Å². The van der Waals surface area contributed by atoms with Crippen LogP contribution in [0.2, 0.25) is 0 Å². The maximum Gasteiger partial charge on any atom is 0.485 e. The average Bonchev–Trinajstić information content (AvgIpc) is 2.67. The highest BCUT2D eigenvalue weighted by molar-refractivity contribution is 7.86.